The molecule has 2 saturated heterocycles. The van der Waals surface area contributed by atoms with E-state index < -0.39 is 59.6 Å². The maximum absolute atomic E-state index is 12.2. The van der Waals surface area contributed by atoms with Gasteiger partial charge >= 0.3 is 29.2 Å². The second-order valence-electron chi connectivity index (χ2n) is 7.00. The third-order valence-corrected chi connectivity index (χ3v) is 8.60. The molecular weight excluding hydrogens is 487 g/mol. The van der Waals surface area contributed by atoms with E-state index in [1.165, 1.54) is 6.20 Å². The van der Waals surface area contributed by atoms with Crippen LogP contribution in [0.3, 0.4) is 0 Å². The molecule has 0 aliphatic carbocycles. The Hall–Kier alpha value is -0.990. The van der Waals surface area contributed by atoms with Crippen LogP contribution in [0.15, 0.2) is 11.0 Å². The number of phosphoric acid groups is 3. The third kappa shape index (κ3) is 5.33. The van der Waals surface area contributed by atoms with Crippen LogP contribution in [-0.2, 0) is 36.3 Å². The number of fused-ring (bicyclic) bond motifs is 2. The summed E-state index contributed by atoms with van der Waals surface area (Å²) in [4.78, 5) is 51.9. The van der Waals surface area contributed by atoms with Gasteiger partial charge in [-0.05, 0) is 6.92 Å². The molecule has 1 aromatic heterocycles. The molecule has 19 heteroatoms. The maximum atomic E-state index is 12.2. The van der Waals surface area contributed by atoms with E-state index in [1.54, 1.807) is 13.8 Å². The van der Waals surface area contributed by atoms with Crippen molar-refractivity contribution in [3.05, 3.63) is 22.2 Å². The fraction of sp³-hybridized carbons (Fsp3) is 0.667. The molecule has 1 aromatic rings. The van der Waals surface area contributed by atoms with E-state index in [4.69, 9.17) is 29.5 Å². The van der Waals surface area contributed by atoms with Gasteiger partial charge in [0.2, 0.25) is 0 Å². The van der Waals surface area contributed by atoms with Gasteiger partial charge in [-0.2, -0.15) is 13.6 Å². The zero-order chi connectivity index (χ0) is 23.4. The highest BCUT2D eigenvalue weighted by Crippen LogP contribution is 2.66. The van der Waals surface area contributed by atoms with E-state index in [2.05, 4.69) is 13.6 Å². The van der Waals surface area contributed by atoms with Gasteiger partial charge in [0.05, 0.1) is 13.2 Å². The number of hydrogen-bond acceptors (Lipinski definition) is 11. The van der Waals surface area contributed by atoms with E-state index in [9.17, 15) is 28.3 Å². The molecular formula is C12H20N3O13P3. The summed E-state index contributed by atoms with van der Waals surface area (Å²) in [6.07, 6.45) is -0.207. The molecule has 2 aliphatic heterocycles. The van der Waals surface area contributed by atoms with Gasteiger partial charge in [0.1, 0.15) is 17.5 Å². The number of aryl methyl sites for hydroxylation is 1. The van der Waals surface area contributed by atoms with Crippen LogP contribution in [0.5, 0.6) is 0 Å². The summed E-state index contributed by atoms with van der Waals surface area (Å²) in [6.45, 7) is 2.49. The van der Waals surface area contributed by atoms with Gasteiger partial charge < -0.3 is 34.8 Å². The molecule has 2 fully saturated rings. The lowest BCUT2D eigenvalue weighted by molar-refractivity contribution is -0.184. The third-order valence-electron chi connectivity index (χ3n) is 4.82. The van der Waals surface area contributed by atoms with E-state index in [0.29, 0.717) is 5.56 Å². The highest BCUT2D eigenvalue weighted by molar-refractivity contribution is 7.66. The zero-order valence-electron chi connectivity index (χ0n) is 16.0. The molecule has 176 valence electrons. The minimum atomic E-state index is -5.65. The van der Waals surface area contributed by atoms with Crippen LogP contribution in [-0.4, -0.2) is 54.0 Å². The first-order valence-electron chi connectivity index (χ1n) is 8.47. The largest absolute Gasteiger partial charge is 0.490 e. The van der Waals surface area contributed by atoms with Gasteiger partial charge in [-0.15, -0.1) is 0 Å². The number of rotatable bonds is 8. The van der Waals surface area contributed by atoms with E-state index in [-0.39, 0.29) is 12.4 Å². The highest BCUT2D eigenvalue weighted by Gasteiger charge is 2.61. The number of nitrogens with zero attached hydrogens (tertiary/aromatic N) is 2. The second kappa shape index (κ2) is 8.10. The SMILES string of the molecule is Cc1cn([C@@H]2O[C@@]3(COP(=O)(O)OP(=O)(O)OP(=O)(O)O)COC2[C@H]3C)c(=O)nc1N. The fourth-order valence-corrected chi connectivity index (χ4v) is 6.34. The summed E-state index contributed by atoms with van der Waals surface area (Å²) in [7, 11) is -16.5. The van der Waals surface area contributed by atoms with Gasteiger partial charge in [-0.25, -0.2) is 18.5 Å². The van der Waals surface area contributed by atoms with Gasteiger partial charge in [0, 0.05) is 17.7 Å². The summed E-state index contributed by atoms with van der Waals surface area (Å²) >= 11 is 0. The molecule has 2 aliphatic rings. The summed E-state index contributed by atoms with van der Waals surface area (Å²) < 4.78 is 58.9. The molecule has 0 spiro atoms. The van der Waals surface area contributed by atoms with Crippen LogP contribution in [0.4, 0.5) is 5.82 Å². The number of nitrogens with two attached hydrogens (primary N) is 1. The smallest absolute Gasteiger partial charge is 0.383 e. The molecule has 16 nitrogen and oxygen atoms in total. The average molecular weight is 507 g/mol. The molecule has 6 atom stereocenters. The molecule has 0 amide bonds. The average Bonchev–Trinajstić information content (AvgIpc) is 3.03. The lowest BCUT2D eigenvalue weighted by atomic mass is 9.91. The Labute approximate surface area is 174 Å². The summed E-state index contributed by atoms with van der Waals surface area (Å²) in [6, 6.07) is 0. The first kappa shape index (κ1) is 24.6. The van der Waals surface area contributed by atoms with Crippen molar-refractivity contribution in [1.82, 2.24) is 9.55 Å². The molecule has 3 heterocycles. The van der Waals surface area contributed by atoms with Gasteiger partial charge in [0.25, 0.3) is 0 Å². The van der Waals surface area contributed by atoms with E-state index >= 15 is 0 Å². The van der Waals surface area contributed by atoms with Gasteiger partial charge in [-0.3, -0.25) is 9.09 Å². The van der Waals surface area contributed by atoms with Crippen LogP contribution in [0.25, 0.3) is 0 Å². The molecule has 6 N–H and O–H groups in total. The molecule has 2 bridgehead atoms. The van der Waals surface area contributed by atoms with Crippen molar-refractivity contribution in [2.24, 2.45) is 5.92 Å². The van der Waals surface area contributed by atoms with Crippen LogP contribution in [0, 0.1) is 12.8 Å². The van der Waals surface area contributed by atoms with Gasteiger partial charge in [0.15, 0.2) is 6.23 Å². The maximum Gasteiger partial charge on any atom is 0.490 e. The van der Waals surface area contributed by atoms with Gasteiger partial charge in [-0.1, -0.05) is 6.92 Å². The monoisotopic (exact) mass is 507 g/mol. The lowest BCUT2D eigenvalue weighted by Gasteiger charge is -2.32. The first-order valence-corrected chi connectivity index (χ1v) is 13.0. The number of aromatic nitrogens is 2. The standard InChI is InChI=1S/C12H20N3O13P3/c1-6-3-15(11(16)14-9(6)13)10-8-7(2)12(26-10,4-24-8)5-25-30(20,21)28-31(22,23)27-29(17,18)19/h3,7-8,10H,4-5H2,1-2H3,(H,20,21)(H,22,23)(H2,13,14,16)(H2,17,18,19)/t7-,8?,10-,12-/m1/s1. The van der Waals surface area contributed by atoms with E-state index in [0.717, 1.165) is 4.57 Å². The molecule has 3 rings (SSSR count). The van der Waals surface area contributed by atoms with Crippen molar-refractivity contribution in [2.75, 3.05) is 18.9 Å². The summed E-state index contributed by atoms with van der Waals surface area (Å²) in [5.74, 6) is -0.435. The topological polar surface area (TPSA) is 239 Å². The van der Waals surface area contributed by atoms with Crippen molar-refractivity contribution in [3.8, 4) is 0 Å². The Bertz CT molecular complexity index is 1070. The van der Waals surface area contributed by atoms with Crippen molar-refractivity contribution in [1.29, 1.82) is 0 Å². The van der Waals surface area contributed by atoms with Crippen LogP contribution in [0.1, 0.15) is 18.7 Å². The Morgan fingerprint density at radius 3 is 2.52 bits per heavy atom. The number of anilines is 1. The number of hydrogen-bond donors (Lipinski definition) is 5. The fourth-order valence-electron chi connectivity index (χ4n) is 3.27. The molecule has 3 unspecified atom stereocenters. The van der Waals surface area contributed by atoms with Crippen molar-refractivity contribution < 1.29 is 55.9 Å². The normalized spacial score (nSPS) is 32.0. The second-order valence-corrected chi connectivity index (χ2v) is 11.4. The minimum absolute atomic E-state index is 0.0424. The Morgan fingerprint density at radius 2 is 1.90 bits per heavy atom. The molecule has 0 aromatic carbocycles. The van der Waals surface area contributed by atoms with Crippen LogP contribution < -0.4 is 11.4 Å². The molecule has 0 saturated carbocycles. The van der Waals surface area contributed by atoms with Crippen LogP contribution in [0.2, 0.25) is 0 Å². The van der Waals surface area contributed by atoms with E-state index in [1.807, 2.05) is 0 Å². The van der Waals surface area contributed by atoms with Crippen molar-refractivity contribution >= 4 is 29.3 Å². The number of nitrogen functional groups attached to an aromatic ring is 1. The molecule has 0 radical (unpaired) electrons. The first-order chi connectivity index (χ1) is 14.0. The Kier molecular flexibility index (Phi) is 6.44. The van der Waals surface area contributed by atoms with Crippen LogP contribution >= 0.6 is 23.5 Å². The predicted octanol–water partition coefficient (Wildman–Crippen LogP) is -0.220. The summed E-state index contributed by atoms with van der Waals surface area (Å²) in [5, 5.41) is 0. The highest BCUT2D eigenvalue weighted by atomic mass is 31.3. The van der Waals surface area contributed by atoms with Crippen molar-refractivity contribution in [3.63, 3.8) is 0 Å². The minimum Gasteiger partial charge on any atom is -0.383 e. The molecule has 31 heavy (non-hydrogen) atoms. The zero-order valence-corrected chi connectivity index (χ0v) is 18.7. The Morgan fingerprint density at radius 1 is 1.26 bits per heavy atom. The predicted molar refractivity (Wildman–Crippen MR) is 99.2 cm³/mol. The quantitative estimate of drug-likeness (QED) is 0.286. The number of phosphoric ester groups is 1. The lowest BCUT2D eigenvalue weighted by Crippen LogP contribution is -2.43. The summed E-state index contributed by atoms with van der Waals surface area (Å²) in [5.41, 5.74) is 4.05. The van der Waals surface area contributed by atoms with Crippen molar-refractivity contribution in [2.45, 2.75) is 31.8 Å². The number of ether oxygens (including phenoxy) is 2. The Balaban J connectivity index is 1.75.